The zero-order valence-electron chi connectivity index (χ0n) is 13.5. The Bertz CT molecular complexity index is 692. The van der Waals surface area contributed by atoms with Crippen LogP contribution in [0, 0.1) is 5.41 Å². The van der Waals surface area contributed by atoms with Crippen LogP contribution in [-0.2, 0) is 15.1 Å². The molecule has 0 aromatic heterocycles. The Hall–Kier alpha value is -2.37. The van der Waals surface area contributed by atoms with Gasteiger partial charge in [0.05, 0.1) is 13.2 Å². The van der Waals surface area contributed by atoms with Gasteiger partial charge in [-0.1, -0.05) is 39.0 Å². The molecular weight excluding hydrogens is 296 g/mol. The van der Waals surface area contributed by atoms with E-state index in [0.717, 1.165) is 4.90 Å². The van der Waals surface area contributed by atoms with Crippen molar-refractivity contribution in [2.45, 2.75) is 32.7 Å². The first-order valence-corrected chi connectivity index (χ1v) is 7.65. The van der Waals surface area contributed by atoms with Crippen molar-refractivity contribution in [3.05, 3.63) is 29.8 Å². The summed E-state index contributed by atoms with van der Waals surface area (Å²) in [5.74, 6) is 0.0608. The number of benzene rings is 1. The van der Waals surface area contributed by atoms with Gasteiger partial charge >= 0.3 is 6.03 Å². The number of hydrogen-bond acceptors (Lipinski definition) is 4. The van der Waals surface area contributed by atoms with Crippen molar-refractivity contribution in [2.75, 3.05) is 13.2 Å². The number of carbonyl (C=O) groups excluding carboxylic acids is 3. The molecule has 1 N–H and O–H groups in total. The third-order valence-electron chi connectivity index (χ3n) is 4.40. The van der Waals surface area contributed by atoms with E-state index < -0.39 is 17.0 Å². The third-order valence-corrected chi connectivity index (χ3v) is 4.40. The van der Waals surface area contributed by atoms with Gasteiger partial charge in [0.2, 0.25) is 0 Å². The van der Waals surface area contributed by atoms with E-state index in [1.54, 1.807) is 39.0 Å². The van der Waals surface area contributed by atoms with Crippen LogP contribution in [0.5, 0.6) is 5.75 Å². The van der Waals surface area contributed by atoms with Crippen LogP contribution in [0.25, 0.3) is 0 Å². The first-order valence-electron chi connectivity index (χ1n) is 7.65. The molecule has 0 aliphatic carbocycles. The van der Waals surface area contributed by atoms with Gasteiger partial charge in [-0.3, -0.25) is 14.5 Å². The van der Waals surface area contributed by atoms with Gasteiger partial charge in [0.1, 0.15) is 5.75 Å². The molecule has 1 spiro atoms. The number of para-hydroxylation sites is 1. The second kappa shape index (κ2) is 5.08. The molecule has 0 radical (unpaired) electrons. The van der Waals surface area contributed by atoms with Crippen molar-refractivity contribution in [1.29, 1.82) is 0 Å². The van der Waals surface area contributed by atoms with Crippen LogP contribution in [-0.4, -0.2) is 35.8 Å². The molecule has 2 heterocycles. The second-order valence-corrected chi connectivity index (χ2v) is 6.99. The van der Waals surface area contributed by atoms with Crippen molar-refractivity contribution in [3.63, 3.8) is 0 Å². The second-order valence-electron chi connectivity index (χ2n) is 6.99. The zero-order valence-corrected chi connectivity index (χ0v) is 13.5. The third kappa shape index (κ3) is 2.38. The zero-order chi connectivity index (χ0) is 16.8. The smallest absolute Gasteiger partial charge is 0.325 e. The molecule has 1 aromatic rings. The number of rotatable bonds is 2. The van der Waals surface area contributed by atoms with Gasteiger partial charge in [-0.05, 0) is 6.07 Å². The van der Waals surface area contributed by atoms with Gasteiger partial charge in [0, 0.05) is 17.4 Å². The fourth-order valence-corrected chi connectivity index (χ4v) is 2.90. The topological polar surface area (TPSA) is 75.7 Å². The maximum absolute atomic E-state index is 13.0. The van der Waals surface area contributed by atoms with E-state index in [1.165, 1.54) is 0 Å². The summed E-state index contributed by atoms with van der Waals surface area (Å²) in [5.41, 5.74) is -1.08. The fourth-order valence-electron chi connectivity index (χ4n) is 2.90. The molecule has 1 atom stereocenters. The number of ketones is 1. The van der Waals surface area contributed by atoms with Crippen LogP contribution in [0.3, 0.4) is 0 Å². The van der Waals surface area contributed by atoms with Gasteiger partial charge in [0.15, 0.2) is 11.3 Å². The molecule has 2 aliphatic heterocycles. The predicted octanol–water partition coefficient (Wildman–Crippen LogP) is 1.83. The predicted molar refractivity (Wildman–Crippen MR) is 82.9 cm³/mol. The van der Waals surface area contributed by atoms with Crippen molar-refractivity contribution in [3.8, 4) is 5.75 Å². The Morgan fingerprint density at radius 1 is 1.30 bits per heavy atom. The SMILES string of the molecule is CC(C)(C)C(=O)CN1C(=O)N[C@@]2(CCOc3ccccc32)C1=O. The number of carbonyl (C=O) groups is 3. The maximum atomic E-state index is 13.0. The Morgan fingerprint density at radius 2 is 2.00 bits per heavy atom. The number of hydrogen-bond donors (Lipinski definition) is 1. The maximum Gasteiger partial charge on any atom is 0.325 e. The molecule has 0 bridgehead atoms. The molecule has 6 nitrogen and oxygen atoms in total. The summed E-state index contributed by atoms with van der Waals surface area (Å²) in [6.45, 7) is 5.44. The first-order chi connectivity index (χ1) is 10.8. The van der Waals surface area contributed by atoms with Gasteiger partial charge in [-0.2, -0.15) is 0 Å². The summed E-state index contributed by atoms with van der Waals surface area (Å²) >= 11 is 0. The minimum Gasteiger partial charge on any atom is -0.493 e. The molecule has 3 amide bonds. The Kier molecular flexibility index (Phi) is 3.43. The molecule has 6 heteroatoms. The molecule has 0 unspecified atom stereocenters. The summed E-state index contributed by atoms with van der Waals surface area (Å²) in [6, 6.07) is 6.65. The summed E-state index contributed by atoms with van der Waals surface area (Å²) < 4.78 is 5.58. The molecule has 1 saturated heterocycles. The lowest BCUT2D eigenvalue weighted by molar-refractivity contribution is -0.137. The Labute approximate surface area is 134 Å². The Balaban J connectivity index is 1.95. The number of ether oxygens (including phenoxy) is 1. The number of nitrogens with one attached hydrogen (secondary N) is 1. The number of urea groups is 1. The molecule has 23 heavy (non-hydrogen) atoms. The highest BCUT2D eigenvalue weighted by Crippen LogP contribution is 2.41. The quantitative estimate of drug-likeness (QED) is 0.845. The highest BCUT2D eigenvalue weighted by atomic mass is 16.5. The van der Waals surface area contributed by atoms with Crippen molar-refractivity contribution >= 4 is 17.7 Å². The van der Waals surface area contributed by atoms with Crippen LogP contribution in [0.15, 0.2) is 24.3 Å². The van der Waals surface area contributed by atoms with E-state index in [4.69, 9.17) is 4.74 Å². The number of fused-ring (bicyclic) bond motifs is 2. The monoisotopic (exact) mass is 316 g/mol. The van der Waals surface area contributed by atoms with E-state index in [2.05, 4.69) is 5.32 Å². The molecule has 1 aromatic carbocycles. The molecule has 0 saturated carbocycles. The fraction of sp³-hybridized carbons (Fsp3) is 0.471. The van der Waals surface area contributed by atoms with E-state index in [0.29, 0.717) is 24.3 Å². The summed E-state index contributed by atoms with van der Waals surface area (Å²) in [4.78, 5) is 38.5. The van der Waals surface area contributed by atoms with Gasteiger partial charge in [0.25, 0.3) is 5.91 Å². The normalized spacial score (nSPS) is 23.5. The van der Waals surface area contributed by atoms with Gasteiger partial charge in [-0.15, -0.1) is 0 Å². The lowest BCUT2D eigenvalue weighted by Crippen LogP contribution is -2.48. The standard InChI is InChI=1S/C17H20N2O4/c1-16(2,3)13(20)10-19-14(21)17(18-15(19)22)8-9-23-12-7-5-4-6-11(12)17/h4-7H,8-10H2,1-3H3,(H,18,22)/t17-/m1/s1. The van der Waals surface area contributed by atoms with Crippen LogP contribution in [0.1, 0.15) is 32.8 Å². The Morgan fingerprint density at radius 3 is 2.70 bits per heavy atom. The van der Waals surface area contributed by atoms with E-state index in [1.807, 2.05) is 6.07 Å². The summed E-state index contributed by atoms with van der Waals surface area (Å²) in [7, 11) is 0. The minimum atomic E-state index is -1.12. The largest absolute Gasteiger partial charge is 0.493 e. The lowest BCUT2D eigenvalue weighted by atomic mass is 9.84. The number of Topliss-reactive ketones (excluding diaryl/α,β-unsaturated/α-hetero) is 1. The van der Waals surface area contributed by atoms with Crippen LogP contribution in [0.4, 0.5) is 4.79 Å². The highest BCUT2D eigenvalue weighted by Gasteiger charge is 2.55. The molecular formula is C17H20N2O4. The molecule has 2 aliphatic rings. The van der Waals surface area contributed by atoms with Gasteiger partial charge < -0.3 is 10.1 Å². The number of amides is 3. The van der Waals surface area contributed by atoms with Crippen molar-refractivity contribution < 1.29 is 19.1 Å². The number of imide groups is 1. The van der Waals surface area contributed by atoms with E-state index in [-0.39, 0.29) is 18.2 Å². The molecule has 122 valence electrons. The van der Waals surface area contributed by atoms with Crippen molar-refractivity contribution in [1.82, 2.24) is 10.2 Å². The summed E-state index contributed by atoms with van der Waals surface area (Å²) in [6.07, 6.45) is 0.356. The molecule has 1 fully saturated rings. The average molecular weight is 316 g/mol. The average Bonchev–Trinajstić information content (AvgIpc) is 2.72. The summed E-state index contributed by atoms with van der Waals surface area (Å²) in [5, 5.41) is 2.79. The molecule has 3 rings (SSSR count). The van der Waals surface area contributed by atoms with E-state index >= 15 is 0 Å². The van der Waals surface area contributed by atoms with Crippen molar-refractivity contribution in [2.24, 2.45) is 5.41 Å². The number of nitrogens with zero attached hydrogens (tertiary/aromatic N) is 1. The van der Waals surface area contributed by atoms with Crippen LogP contribution < -0.4 is 10.1 Å². The van der Waals surface area contributed by atoms with Crippen LogP contribution >= 0.6 is 0 Å². The minimum absolute atomic E-state index is 0.154. The lowest BCUT2D eigenvalue weighted by Gasteiger charge is -2.33. The first kappa shape index (κ1) is 15.5. The van der Waals surface area contributed by atoms with E-state index in [9.17, 15) is 14.4 Å². The highest BCUT2D eigenvalue weighted by molar-refractivity contribution is 6.10. The van der Waals surface area contributed by atoms with Crippen LogP contribution in [0.2, 0.25) is 0 Å². The van der Waals surface area contributed by atoms with Gasteiger partial charge in [-0.25, -0.2) is 4.79 Å².